The number of alkyl carbamates (subject to hydrolysis) is 1. The molecule has 0 saturated carbocycles. The van der Waals surface area contributed by atoms with E-state index in [2.05, 4.69) is 5.32 Å². The molecule has 2 heterocycles. The molecule has 3 N–H and O–H groups in total. The average Bonchev–Trinajstić information content (AvgIpc) is 3.17. The Morgan fingerprint density at radius 1 is 1.20 bits per heavy atom. The van der Waals surface area contributed by atoms with Crippen molar-refractivity contribution in [2.75, 3.05) is 24.6 Å². The Kier molecular flexibility index (Phi) is 6.97. The van der Waals surface area contributed by atoms with E-state index < -0.39 is 59.8 Å². The molecule has 0 bridgehead atoms. The molecule has 35 heavy (non-hydrogen) atoms. The van der Waals surface area contributed by atoms with Crippen molar-refractivity contribution >= 4 is 36.2 Å². The minimum Gasteiger partial charge on any atom is -0.446 e. The fourth-order valence-corrected chi connectivity index (χ4v) is 3.75. The summed E-state index contributed by atoms with van der Waals surface area (Å²) in [5.74, 6) is -1.28. The van der Waals surface area contributed by atoms with Crippen LogP contribution in [0.15, 0.2) is 18.2 Å². The molecule has 2 aliphatic heterocycles. The first-order chi connectivity index (χ1) is 16.0. The van der Waals surface area contributed by atoms with Gasteiger partial charge in [0, 0.05) is 12.0 Å². The van der Waals surface area contributed by atoms with Gasteiger partial charge >= 0.3 is 19.3 Å². The molecule has 1 atom stereocenters. The van der Waals surface area contributed by atoms with E-state index in [-0.39, 0.29) is 24.3 Å². The molecule has 0 aliphatic carbocycles. The summed E-state index contributed by atoms with van der Waals surface area (Å²) in [6, 6.07) is 4.00. The summed E-state index contributed by atoms with van der Waals surface area (Å²) < 4.78 is 37.3. The molecule has 10 nitrogen and oxygen atoms in total. The first-order valence-corrected chi connectivity index (χ1v) is 11.4. The van der Waals surface area contributed by atoms with Crippen molar-refractivity contribution in [3.05, 3.63) is 24.0 Å². The van der Waals surface area contributed by atoms with Crippen LogP contribution in [-0.2, 0) is 23.6 Å². The van der Waals surface area contributed by atoms with Gasteiger partial charge in [0.2, 0.25) is 0 Å². The van der Waals surface area contributed by atoms with Gasteiger partial charge in [0.15, 0.2) is 11.3 Å². The first kappa shape index (κ1) is 26.9. The number of ether oxygens (including phenoxy) is 2. The number of benzene rings is 1. The molecular weight excluding hydrogens is 460 g/mol. The fraction of sp³-hybridized carbons (Fsp3) is 0.609. The number of rotatable bonds is 6. The Labute approximate surface area is 204 Å². The number of cyclic esters (lactones) is 1. The van der Waals surface area contributed by atoms with E-state index in [4.69, 9.17) is 24.5 Å². The molecule has 2 fully saturated rings. The Morgan fingerprint density at radius 3 is 2.31 bits per heavy atom. The zero-order chi connectivity index (χ0) is 26.4. The van der Waals surface area contributed by atoms with Gasteiger partial charge in [-0.05, 0) is 60.6 Å². The number of nitrogens with two attached hydrogens (primary N) is 1. The predicted octanol–water partition coefficient (Wildman–Crippen LogP) is 1.87. The summed E-state index contributed by atoms with van der Waals surface area (Å²) in [4.78, 5) is 38.8. The highest BCUT2D eigenvalue weighted by atomic mass is 19.1. The van der Waals surface area contributed by atoms with Crippen LogP contribution in [0.2, 0.25) is 0 Å². The van der Waals surface area contributed by atoms with E-state index in [1.54, 1.807) is 20.8 Å². The summed E-state index contributed by atoms with van der Waals surface area (Å²) >= 11 is 0. The molecule has 0 unspecified atom stereocenters. The van der Waals surface area contributed by atoms with Crippen LogP contribution in [0.25, 0.3) is 0 Å². The molecule has 1 aromatic carbocycles. The smallest absolute Gasteiger partial charge is 0.446 e. The van der Waals surface area contributed by atoms with E-state index in [0.717, 1.165) is 11.0 Å². The Hall–Kier alpha value is -2.70. The maximum atomic E-state index is 15.2. The van der Waals surface area contributed by atoms with Gasteiger partial charge in [0.05, 0.1) is 23.4 Å². The van der Waals surface area contributed by atoms with E-state index in [9.17, 15) is 14.4 Å². The van der Waals surface area contributed by atoms with Gasteiger partial charge in [0.1, 0.15) is 18.0 Å². The highest BCUT2D eigenvalue weighted by molar-refractivity contribution is 6.62. The molecule has 2 amide bonds. The van der Waals surface area contributed by atoms with E-state index in [1.165, 1.54) is 12.1 Å². The summed E-state index contributed by atoms with van der Waals surface area (Å²) in [6.45, 7) is 11.3. The van der Waals surface area contributed by atoms with Crippen LogP contribution in [0.5, 0.6) is 0 Å². The predicted molar refractivity (Wildman–Crippen MR) is 127 cm³/mol. The molecule has 2 aliphatic rings. The second-order valence-electron chi connectivity index (χ2n) is 10.7. The fourth-order valence-electron chi connectivity index (χ4n) is 3.75. The number of carbonyl (C=O) groups is 3. The normalized spacial score (nSPS) is 23.3. The number of amides is 2. The number of hydrogen-bond donors (Lipinski definition) is 2. The van der Waals surface area contributed by atoms with Crippen LogP contribution in [-0.4, -0.2) is 67.1 Å². The topological polar surface area (TPSA) is 129 Å². The van der Waals surface area contributed by atoms with Crippen LogP contribution in [0.3, 0.4) is 0 Å². The van der Waals surface area contributed by atoms with Gasteiger partial charge in [-0.3, -0.25) is 9.69 Å². The maximum Gasteiger partial charge on any atom is 0.497 e. The van der Waals surface area contributed by atoms with Crippen molar-refractivity contribution in [2.24, 2.45) is 5.73 Å². The Morgan fingerprint density at radius 2 is 1.80 bits per heavy atom. The number of nitrogens with one attached hydrogen (secondary N) is 1. The van der Waals surface area contributed by atoms with Crippen LogP contribution in [0.4, 0.5) is 19.7 Å². The number of halogens is 1. The summed E-state index contributed by atoms with van der Waals surface area (Å²) in [7, 11) is -0.946. The van der Waals surface area contributed by atoms with Crippen molar-refractivity contribution in [3.8, 4) is 0 Å². The van der Waals surface area contributed by atoms with E-state index in [0.29, 0.717) is 0 Å². The Balaban J connectivity index is 1.84. The number of hydrogen-bond acceptors (Lipinski definition) is 8. The van der Waals surface area contributed by atoms with Gasteiger partial charge in [-0.2, -0.15) is 0 Å². The summed E-state index contributed by atoms with van der Waals surface area (Å²) in [5.41, 5.74) is 2.43. The lowest BCUT2D eigenvalue weighted by molar-refractivity contribution is -0.123. The Bertz CT molecular complexity index is 1010. The average molecular weight is 493 g/mol. The molecular formula is C23H33BFN3O7. The van der Waals surface area contributed by atoms with E-state index >= 15 is 4.39 Å². The third-order valence-electron chi connectivity index (χ3n) is 6.44. The van der Waals surface area contributed by atoms with Gasteiger partial charge < -0.3 is 29.8 Å². The minimum absolute atomic E-state index is 0.0707. The highest BCUT2D eigenvalue weighted by Gasteiger charge is 2.54. The van der Waals surface area contributed by atoms with Gasteiger partial charge in [-0.15, -0.1) is 0 Å². The molecule has 0 aromatic heterocycles. The quantitative estimate of drug-likeness (QED) is 0.575. The monoisotopic (exact) mass is 493 g/mol. The summed E-state index contributed by atoms with van der Waals surface area (Å²) in [6.07, 6.45) is -1.66. The van der Waals surface area contributed by atoms with Gasteiger partial charge in [0.25, 0.3) is 0 Å². The maximum absolute atomic E-state index is 15.2. The lowest BCUT2D eigenvalue weighted by Crippen LogP contribution is -2.61. The number of carbonyl (C=O) groups excluding carboxylic acids is 3. The molecule has 0 radical (unpaired) electrons. The second-order valence-corrected chi connectivity index (χ2v) is 10.7. The van der Waals surface area contributed by atoms with Crippen molar-refractivity contribution in [1.29, 1.82) is 0 Å². The van der Waals surface area contributed by atoms with Crippen LogP contribution < -0.4 is 21.4 Å². The second kappa shape index (κ2) is 9.07. The molecule has 192 valence electrons. The molecule has 2 saturated heterocycles. The van der Waals surface area contributed by atoms with Crippen molar-refractivity contribution in [2.45, 2.75) is 70.8 Å². The van der Waals surface area contributed by atoms with Crippen LogP contribution >= 0.6 is 0 Å². The highest BCUT2D eigenvalue weighted by Crippen LogP contribution is 2.37. The van der Waals surface area contributed by atoms with Crippen LogP contribution in [0.1, 0.15) is 48.5 Å². The standard InChI is InChI=1S/C23H33BFN3O7/c1-20(2,3)33-18(30)27-11-17(29)23(12-26)13-32-19(31)28(23)14-8-9-15(16(25)10-14)24-34-21(4,5)22(6,7)35-24/h8-10H,11-13,26H2,1-7H3,(H,27,30)/t23-/m0/s1. The van der Waals surface area contributed by atoms with Gasteiger partial charge in [-0.25, -0.2) is 14.0 Å². The van der Waals surface area contributed by atoms with Gasteiger partial charge in [-0.1, -0.05) is 6.07 Å². The molecule has 3 rings (SSSR count). The number of Topliss-reactive ketones (excluding diaryl/α,β-unsaturated/α-hetero) is 1. The lowest BCUT2D eigenvalue weighted by Gasteiger charge is -2.33. The zero-order valence-corrected chi connectivity index (χ0v) is 21.2. The van der Waals surface area contributed by atoms with E-state index in [1.807, 2.05) is 27.7 Å². The van der Waals surface area contributed by atoms with Crippen molar-refractivity contribution in [3.63, 3.8) is 0 Å². The van der Waals surface area contributed by atoms with Crippen molar-refractivity contribution < 1.29 is 37.6 Å². The van der Waals surface area contributed by atoms with Crippen molar-refractivity contribution in [1.82, 2.24) is 5.32 Å². The minimum atomic E-state index is -1.63. The number of ketones is 1. The SMILES string of the molecule is CC(C)(C)OC(=O)NCC(=O)[C@]1(CN)COC(=O)N1c1ccc(B2OC(C)(C)C(C)(C)O2)c(F)c1. The molecule has 12 heteroatoms. The molecule has 1 aromatic rings. The third-order valence-corrected chi connectivity index (χ3v) is 6.44. The largest absolute Gasteiger partial charge is 0.497 e. The number of nitrogens with zero attached hydrogens (tertiary/aromatic N) is 1. The summed E-state index contributed by atoms with van der Waals surface area (Å²) in [5, 5.41) is 2.37. The molecule has 0 spiro atoms. The number of anilines is 1. The third kappa shape index (κ3) is 5.14. The first-order valence-electron chi connectivity index (χ1n) is 11.4. The lowest BCUT2D eigenvalue weighted by atomic mass is 9.78. The zero-order valence-electron chi connectivity index (χ0n) is 21.2. The van der Waals surface area contributed by atoms with Crippen LogP contribution in [0, 0.1) is 5.82 Å².